The van der Waals surface area contributed by atoms with Gasteiger partial charge < -0.3 is 20.1 Å². The number of pyridine rings is 1. The van der Waals surface area contributed by atoms with Gasteiger partial charge >= 0.3 is 0 Å². The van der Waals surface area contributed by atoms with Gasteiger partial charge in [0.15, 0.2) is 5.82 Å². The van der Waals surface area contributed by atoms with Gasteiger partial charge in [-0.05, 0) is 37.3 Å². The average Bonchev–Trinajstić information content (AvgIpc) is 2.54. The number of aromatic nitrogens is 3. The number of anilines is 1. The standard InChI is InChI=1S/C16H19ClN4O3/c1-8-19-15(13(17)16(23)20-8)21-14(9-3-11(22)4-9)10-5-12(24-2)7-18-6-10/h5-7,9,11,14,22H,3-4H2,1-2H3,(H2,19,20,21,23)/t9?,11?,14-/m1/s1. The number of nitrogens with one attached hydrogen (secondary N) is 2. The molecule has 1 saturated carbocycles. The first-order chi connectivity index (χ1) is 11.5. The number of aromatic amines is 1. The molecule has 0 spiro atoms. The van der Waals surface area contributed by atoms with E-state index >= 15 is 0 Å². The van der Waals surface area contributed by atoms with E-state index in [9.17, 15) is 9.90 Å². The lowest BCUT2D eigenvalue weighted by Crippen LogP contribution is -2.36. The second kappa shape index (κ2) is 6.78. The predicted molar refractivity (Wildman–Crippen MR) is 90.5 cm³/mol. The van der Waals surface area contributed by atoms with Gasteiger partial charge in [-0.15, -0.1) is 0 Å². The maximum Gasteiger partial charge on any atom is 0.271 e. The molecule has 0 saturated heterocycles. The summed E-state index contributed by atoms with van der Waals surface area (Å²) in [6.45, 7) is 1.69. The van der Waals surface area contributed by atoms with E-state index in [0.717, 1.165) is 5.56 Å². The van der Waals surface area contributed by atoms with Crippen LogP contribution >= 0.6 is 11.6 Å². The number of aliphatic hydroxyl groups excluding tert-OH is 1. The zero-order valence-electron chi connectivity index (χ0n) is 13.4. The molecule has 8 heteroatoms. The van der Waals surface area contributed by atoms with Crippen molar-refractivity contribution < 1.29 is 9.84 Å². The van der Waals surface area contributed by atoms with Gasteiger partial charge in [-0.3, -0.25) is 9.78 Å². The highest BCUT2D eigenvalue weighted by molar-refractivity contribution is 6.32. The molecule has 0 amide bonds. The molecule has 1 fully saturated rings. The minimum Gasteiger partial charge on any atom is -0.495 e. The fraction of sp³-hybridized carbons (Fsp3) is 0.438. The fourth-order valence-corrected chi connectivity index (χ4v) is 3.05. The van der Waals surface area contributed by atoms with E-state index in [1.807, 2.05) is 6.07 Å². The summed E-state index contributed by atoms with van der Waals surface area (Å²) in [5.74, 6) is 1.63. The Morgan fingerprint density at radius 1 is 1.46 bits per heavy atom. The Hall–Kier alpha value is -2.12. The number of aliphatic hydroxyl groups is 1. The van der Waals surface area contributed by atoms with Crippen LogP contribution in [0.15, 0.2) is 23.3 Å². The van der Waals surface area contributed by atoms with Gasteiger partial charge in [0, 0.05) is 6.20 Å². The zero-order valence-corrected chi connectivity index (χ0v) is 14.2. The topological polar surface area (TPSA) is 100 Å². The van der Waals surface area contributed by atoms with Crippen LogP contribution < -0.4 is 15.6 Å². The van der Waals surface area contributed by atoms with Crippen molar-refractivity contribution in [1.82, 2.24) is 15.0 Å². The second-order valence-electron chi connectivity index (χ2n) is 5.98. The number of ether oxygens (including phenoxy) is 1. The molecule has 3 rings (SSSR count). The van der Waals surface area contributed by atoms with Gasteiger partial charge in [0.25, 0.3) is 5.56 Å². The van der Waals surface area contributed by atoms with Crippen LogP contribution in [0.2, 0.25) is 5.02 Å². The van der Waals surface area contributed by atoms with Gasteiger partial charge in [-0.1, -0.05) is 11.6 Å². The van der Waals surface area contributed by atoms with Crippen molar-refractivity contribution in [2.45, 2.75) is 31.9 Å². The van der Waals surface area contributed by atoms with E-state index < -0.39 is 0 Å². The summed E-state index contributed by atoms with van der Waals surface area (Å²) in [6.07, 6.45) is 4.38. The van der Waals surface area contributed by atoms with Crippen LogP contribution in [0.25, 0.3) is 0 Å². The van der Waals surface area contributed by atoms with Crippen molar-refractivity contribution >= 4 is 17.4 Å². The molecule has 0 radical (unpaired) electrons. The molecule has 24 heavy (non-hydrogen) atoms. The Labute approximate surface area is 144 Å². The molecule has 128 valence electrons. The lowest BCUT2D eigenvalue weighted by molar-refractivity contribution is 0.0338. The molecule has 2 heterocycles. The Morgan fingerprint density at radius 2 is 2.21 bits per heavy atom. The zero-order chi connectivity index (χ0) is 17.3. The first-order valence-corrected chi connectivity index (χ1v) is 8.05. The molecule has 2 aromatic rings. The summed E-state index contributed by atoms with van der Waals surface area (Å²) in [5.41, 5.74) is 0.505. The van der Waals surface area contributed by atoms with E-state index in [1.165, 1.54) is 0 Å². The number of hydrogen-bond donors (Lipinski definition) is 3. The Kier molecular flexibility index (Phi) is 4.73. The first-order valence-electron chi connectivity index (χ1n) is 7.68. The molecule has 1 aliphatic rings. The summed E-state index contributed by atoms with van der Waals surface area (Å²) >= 11 is 6.09. The first kappa shape index (κ1) is 16.7. The molecule has 0 bridgehead atoms. The van der Waals surface area contributed by atoms with Gasteiger partial charge in [-0.25, -0.2) is 4.98 Å². The highest BCUT2D eigenvalue weighted by atomic mass is 35.5. The van der Waals surface area contributed by atoms with E-state index in [4.69, 9.17) is 16.3 Å². The number of nitrogens with zero attached hydrogens (tertiary/aromatic N) is 2. The summed E-state index contributed by atoms with van der Waals surface area (Å²) in [4.78, 5) is 22.9. The van der Waals surface area contributed by atoms with Crippen LogP contribution in [0.5, 0.6) is 5.75 Å². The highest BCUT2D eigenvalue weighted by Gasteiger charge is 2.35. The third-order valence-corrected chi connectivity index (χ3v) is 4.57. The molecule has 0 unspecified atom stereocenters. The maximum absolute atomic E-state index is 11.8. The summed E-state index contributed by atoms with van der Waals surface area (Å²) in [7, 11) is 1.58. The van der Waals surface area contributed by atoms with Crippen LogP contribution in [-0.2, 0) is 0 Å². The lowest BCUT2D eigenvalue weighted by atomic mass is 9.75. The number of H-pyrrole nitrogens is 1. The predicted octanol–water partition coefficient (Wildman–Crippen LogP) is 2.06. The largest absolute Gasteiger partial charge is 0.495 e. The SMILES string of the molecule is COc1cncc([C@H](Nc2nc(C)[nH]c(=O)c2Cl)C2CC(O)C2)c1. The van der Waals surface area contributed by atoms with E-state index in [0.29, 0.717) is 30.2 Å². The van der Waals surface area contributed by atoms with Gasteiger partial charge in [-0.2, -0.15) is 0 Å². The summed E-state index contributed by atoms with van der Waals surface area (Å²) in [6, 6.07) is 1.70. The quantitative estimate of drug-likeness (QED) is 0.763. The molecule has 2 aromatic heterocycles. The van der Waals surface area contributed by atoms with Crippen molar-refractivity contribution in [3.05, 3.63) is 45.2 Å². The maximum atomic E-state index is 11.8. The number of methoxy groups -OCH3 is 1. The molecular formula is C16H19ClN4O3. The minimum absolute atomic E-state index is 0.0151. The van der Waals surface area contributed by atoms with Crippen LogP contribution in [0, 0.1) is 12.8 Å². The van der Waals surface area contributed by atoms with Gasteiger partial charge in [0.1, 0.15) is 16.6 Å². The van der Waals surface area contributed by atoms with Crippen molar-refractivity contribution in [2.75, 3.05) is 12.4 Å². The van der Waals surface area contributed by atoms with Crippen LogP contribution in [-0.4, -0.2) is 33.3 Å². The number of aryl methyl sites for hydroxylation is 1. The lowest BCUT2D eigenvalue weighted by Gasteiger charge is -2.38. The number of hydrogen-bond acceptors (Lipinski definition) is 6. The number of halogens is 1. The normalized spacial score (nSPS) is 21.0. The molecule has 1 aliphatic carbocycles. The average molecular weight is 351 g/mol. The van der Waals surface area contributed by atoms with E-state index in [2.05, 4.69) is 20.3 Å². The molecule has 3 N–H and O–H groups in total. The van der Waals surface area contributed by atoms with Gasteiger partial charge in [0.05, 0.1) is 25.5 Å². The van der Waals surface area contributed by atoms with Gasteiger partial charge in [0.2, 0.25) is 0 Å². The smallest absolute Gasteiger partial charge is 0.271 e. The number of rotatable bonds is 5. The third kappa shape index (κ3) is 3.37. The minimum atomic E-state index is -0.386. The molecular weight excluding hydrogens is 332 g/mol. The monoisotopic (exact) mass is 350 g/mol. The second-order valence-corrected chi connectivity index (χ2v) is 6.36. The summed E-state index contributed by atoms with van der Waals surface area (Å²) < 4.78 is 5.23. The van der Waals surface area contributed by atoms with Crippen molar-refractivity contribution in [3.63, 3.8) is 0 Å². The van der Waals surface area contributed by atoms with Crippen LogP contribution in [0.1, 0.15) is 30.3 Å². The third-order valence-electron chi connectivity index (χ3n) is 4.22. The Bertz CT molecular complexity index is 789. The van der Waals surface area contributed by atoms with E-state index in [-0.39, 0.29) is 28.6 Å². The Morgan fingerprint density at radius 3 is 2.88 bits per heavy atom. The molecule has 0 aromatic carbocycles. The van der Waals surface area contributed by atoms with Crippen molar-refractivity contribution in [1.29, 1.82) is 0 Å². The summed E-state index contributed by atoms with van der Waals surface area (Å²) in [5, 5.41) is 12.9. The van der Waals surface area contributed by atoms with Crippen LogP contribution in [0.4, 0.5) is 5.82 Å². The van der Waals surface area contributed by atoms with Crippen molar-refractivity contribution in [2.24, 2.45) is 5.92 Å². The fourth-order valence-electron chi connectivity index (χ4n) is 2.91. The molecule has 0 aliphatic heterocycles. The highest BCUT2D eigenvalue weighted by Crippen LogP contribution is 2.40. The van der Waals surface area contributed by atoms with Crippen LogP contribution in [0.3, 0.4) is 0 Å². The molecule has 7 nitrogen and oxygen atoms in total. The van der Waals surface area contributed by atoms with E-state index in [1.54, 1.807) is 26.4 Å². The Balaban J connectivity index is 1.95. The molecule has 1 atom stereocenters. The van der Waals surface area contributed by atoms with Crippen molar-refractivity contribution in [3.8, 4) is 5.75 Å².